The number of nitriles is 1. The lowest BCUT2D eigenvalue weighted by molar-refractivity contribution is -0.137. The number of halogens is 3. The fourth-order valence-electron chi connectivity index (χ4n) is 2.66. The van der Waals surface area contributed by atoms with Crippen LogP contribution < -0.4 is 9.47 Å². The standard InChI is InChI=1S/C23H22F3NO4S/c1-17-12-21(9-10-22(17)31-16-29-15-28)32-14-18(4-2-3-11-27)13-30-20-7-5-19(6-8-20)23(24,25)26/h2-3,5-10,12,15,18H,4,13-14,16H2,1H3/b3-2+. The topological polar surface area (TPSA) is 68.6 Å². The first-order valence-electron chi connectivity index (χ1n) is 9.59. The molecule has 0 spiro atoms. The van der Waals surface area contributed by atoms with Crippen LogP contribution in [0.5, 0.6) is 11.5 Å². The van der Waals surface area contributed by atoms with Gasteiger partial charge in [0, 0.05) is 22.6 Å². The van der Waals surface area contributed by atoms with Crippen LogP contribution in [-0.2, 0) is 15.7 Å². The molecule has 0 amide bonds. The molecule has 0 bridgehead atoms. The molecule has 0 heterocycles. The van der Waals surface area contributed by atoms with E-state index in [1.54, 1.807) is 23.9 Å². The van der Waals surface area contributed by atoms with Gasteiger partial charge in [0.1, 0.15) is 11.5 Å². The van der Waals surface area contributed by atoms with Crippen molar-refractivity contribution in [3.05, 3.63) is 65.7 Å². The molecule has 0 aliphatic rings. The highest BCUT2D eigenvalue weighted by molar-refractivity contribution is 7.99. The van der Waals surface area contributed by atoms with E-state index < -0.39 is 11.7 Å². The van der Waals surface area contributed by atoms with E-state index >= 15 is 0 Å². The lowest BCUT2D eigenvalue weighted by Gasteiger charge is -2.17. The van der Waals surface area contributed by atoms with Crippen LogP contribution in [0.15, 0.2) is 59.5 Å². The molecule has 32 heavy (non-hydrogen) atoms. The minimum absolute atomic E-state index is 0.0316. The zero-order valence-corrected chi connectivity index (χ0v) is 18.1. The van der Waals surface area contributed by atoms with Gasteiger partial charge in [-0.3, -0.25) is 4.79 Å². The van der Waals surface area contributed by atoms with Crippen LogP contribution in [0.25, 0.3) is 0 Å². The van der Waals surface area contributed by atoms with Gasteiger partial charge in [-0.15, -0.1) is 11.8 Å². The highest BCUT2D eigenvalue weighted by atomic mass is 32.2. The number of nitrogens with zero attached hydrogens (tertiary/aromatic N) is 1. The highest BCUT2D eigenvalue weighted by Gasteiger charge is 2.30. The van der Waals surface area contributed by atoms with E-state index in [1.165, 1.54) is 18.2 Å². The molecule has 9 heteroatoms. The van der Waals surface area contributed by atoms with E-state index in [2.05, 4.69) is 4.74 Å². The quantitative estimate of drug-likeness (QED) is 0.130. The Morgan fingerprint density at radius 3 is 2.53 bits per heavy atom. The largest absolute Gasteiger partial charge is 0.493 e. The van der Waals surface area contributed by atoms with E-state index in [9.17, 15) is 18.0 Å². The van der Waals surface area contributed by atoms with Crippen LogP contribution >= 0.6 is 11.8 Å². The van der Waals surface area contributed by atoms with E-state index in [0.717, 1.165) is 22.6 Å². The highest BCUT2D eigenvalue weighted by Crippen LogP contribution is 2.31. The number of thioether (sulfide) groups is 1. The molecule has 0 N–H and O–H groups in total. The van der Waals surface area contributed by atoms with Gasteiger partial charge in [-0.05, 0) is 61.4 Å². The first kappa shape index (κ1) is 25.1. The number of carbonyl (C=O) groups is 1. The summed E-state index contributed by atoms with van der Waals surface area (Å²) >= 11 is 1.59. The number of hydrogen-bond acceptors (Lipinski definition) is 6. The van der Waals surface area contributed by atoms with Crippen molar-refractivity contribution in [3.63, 3.8) is 0 Å². The van der Waals surface area contributed by atoms with Crippen molar-refractivity contribution in [2.45, 2.75) is 24.4 Å². The van der Waals surface area contributed by atoms with E-state index in [4.69, 9.17) is 14.7 Å². The molecule has 170 valence electrons. The van der Waals surface area contributed by atoms with Gasteiger partial charge in [-0.2, -0.15) is 18.4 Å². The summed E-state index contributed by atoms with van der Waals surface area (Å²) in [5.74, 6) is 1.66. The fourth-order valence-corrected chi connectivity index (χ4v) is 3.75. The third-order valence-corrected chi connectivity index (χ3v) is 5.54. The van der Waals surface area contributed by atoms with Gasteiger partial charge in [0.2, 0.25) is 6.79 Å². The molecule has 2 aromatic carbocycles. The van der Waals surface area contributed by atoms with Gasteiger partial charge in [-0.1, -0.05) is 6.08 Å². The second kappa shape index (κ2) is 12.7. The summed E-state index contributed by atoms with van der Waals surface area (Å²) in [6, 6.07) is 12.1. The minimum atomic E-state index is -4.39. The predicted molar refractivity (Wildman–Crippen MR) is 114 cm³/mol. The van der Waals surface area contributed by atoms with Gasteiger partial charge >= 0.3 is 6.18 Å². The zero-order valence-electron chi connectivity index (χ0n) is 17.3. The maximum atomic E-state index is 12.7. The second-order valence-electron chi connectivity index (χ2n) is 6.73. The molecule has 0 saturated heterocycles. The van der Waals surface area contributed by atoms with Crippen molar-refractivity contribution in [3.8, 4) is 17.6 Å². The summed E-state index contributed by atoms with van der Waals surface area (Å²) in [6.07, 6.45) is -0.658. The Labute approximate surface area is 188 Å². The Morgan fingerprint density at radius 1 is 1.16 bits per heavy atom. The average molecular weight is 465 g/mol. The fraction of sp³-hybridized carbons (Fsp3) is 0.304. The number of rotatable bonds is 12. The molecule has 0 saturated carbocycles. The first-order chi connectivity index (χ1) is 15.3. The van der Waals surface area contributed by atoms with Crippen molar-refractivity contribution in [2.75, 3.05) is 19.2 Å². The average Bonchev–Trinajstić information content (AvgIpc) is 2.76. The number of carbonyl (C=O) groups excluding carboxylic acids is 1. The van der Waals surface area contributed by atoms with Gasteiger partial charge < -0.3 is 14.2 Å². The predicted octanol–water partition coefficient (Wildman–Crippen LogP) is 5.78. The number of aryl methyl sites for hydroxylation is 1. The Balaban J connectivity index is 1.95. The second-order valence-corrected chi connectivity index (χ2v) is 7.82. The first-order valence-corrected chi connectivity index (χ1v) is 10.6. The number of hydrogen-bond donors (Lipinski definition) is 0. The molecular formula is C23H22F3NO4S. The number of benzene rings is 2. The van der Waals surface area contributed by atoms with Crippen LogP contribution in [0, 0.1) is 24.2 Å². The Bertz CT molecular complexity index is 940. The van der Waals surface area contributed by atoms with Gasteiger partial charge in [-0.25, -0.2) is 0 Å². The summed E-state index contributed by atoms with van der Waals surface area (Å²) in [6.45, 7) is 2.32. The molecule has 0 aliphatic heterocycles. The Kier molecular flexibility index (Phi) is 9.95. The molecule has 1 atom stereocenters. The molecule has 0 fully saturated rings. The van der Waals surface area contributed by atoms with Gasteiger partial charge in [0.15, 0.2) is 0 Å². The van der Waals surface area contributed by atoms with E-state index in [0.29, 0.717) is 30.1 Å². The lowest BCUT2D eigenvalue weighted by Crippen LogP contribution is -2.14. The van der Waals surface area contributed by atoms with Gasteiger partial charge in [0.05, 0.1) is 18.2 Å². The van der Waals surface area contributed by atoms with Crippen molar-refractivity contribution in [1.82, 2.24) is 0 Å². The Morgan fingerprint density at radius 2 is 1.91 bits per heavy atom. The van der Waals surface area contributed by atoms with E-state index in [1.807, 2.05) is 25.1 Å². The lowest BCUT2D eigenvalue weighted by atomic mass is 10.1. The molecular weight excluding hydrogens is 443 g/mol. The SMILES string of the molecule is Cc1cc(SCC(C/C=C/C#N)COc2ccc(C(F)(F)F)cc2)ccc1OCOC=O. The summed E-state index contributed by atoms with van der Waals surface area (Å²) < 4.78 is 53.6. The van der Waals surface area contributed by atoms with E-state index in [-0.39, 0.29) is 19.3 Å². The van der Waals surface area contributed by atoms with Gasteiger partial charge in [0.25, 0.3) is 6.47 Å². The number of ether oxygens (including phenoxy) is 3. The summed E-state index contributed by atoms with van der Waals surface area (Å²) in [4.78, 5) is 11.2. The molecule has 0 aromatic heterocycles. The molecule has 2 rings (SSSR count). The third kappa shape index (κ3) is 8.55. The minimum Gasteiger partial charge on any atom is -0.493 e. The van der Waals surface area contributed by atoms with Crippen LogP contribution in [0.2, 0.25) is 0 Å². The molecule has 1 unspecified atom stereocenters. The maximum absolute atomic E-state index is 12.7. The summed E-state index contributed by atoms with van der Waals surface area (Å²) in [5, 5.41) is 8.72. The molecule has 0 radical (unpaired) electrons. The smallest absolute Gasteiger partial charge is 0.416 e. The zero-order chi connectivity index (χ0) is 23.4. The van der Waals surface area contributed by atoms with Crippen LogP contribution in [0.3, 0.4) is 0 Å². The van der Waals surface area contributed by atoms with Crippen LogP contribution in [-0.4, -0.2) is 25.6 Å². The van der Waals surface area contributed by atoms with Crippen molar-refractivity contribution in [2.24, 2.45) is 5.92 Å². The summed E-state index contributed by atoms with van der Waals surface area (Å²) in [7, 11) is 0. The summed E-state index contributed by atoms with van der Waals surface area (Å²) in [5.41, 5.74) is 0.154. The number of allylic oxidation sites excluding steroid dienone is 2. The monoisotopic (exact) mass is 465 g/mol. The Hall–Kier alpha value is -3.12. The van der Waals surface area contributed by atoms with Crippen molar-refractivity contribution >= 4 is 18.2 Å². The molecule has 2 aromatic rings. The number of alkyl halides is 3. The maximum Gasteiger partial charge on any atom is 0.416 e. The molecule has 0 aliphatic carbocycles. The third-order valence-electron chi connectivity index (χ3n) is 4.31. The molecule has 5 nitrogen and oxygen atoms in total. The van der Waals surface area contributed by atoms with Crippen molar-refractivity contribution in [1.29, 1.82) is 5.26 Å². The van der Waals surface area contributed by atoms with Crippen molar-refractivity contribution < 1.29 is 32.2 Å². The normalized spacial score (nSPS) is 12.2. The van der Waals surface area contributed by atoms with Crippen LogP contribution in [0.1, 0.15) is 17.5 Å². The van der Waals surface area contributed by atoms with Crippen LogP contribution in [0.4, 0.5) is 13.2 Å².